The Morgan fingerprint density at radius 1 is 0.906 bits per heavy atom. The zero-order chi connectivity index (χ0) is 23.5. The minimum Gasteiger partial charge on any atom is -0.492 e. The van der Waals surface area contributed by atoms with Crippen molar-refractivity contribution in [2.24, 2.45) is 0 Å². The third-order valence-corrected chi connectivity index (χ3v) is 4.30. The minimum absolute atomic E-state index is 0.288. The van der Waals surface area contributed by atoms with Crippen molar-refractivity contribution in [2.45, 2.75) is 33.7 Å². The summed E-state index contributed by atoms with van der Waals surface area (Å²) < 4.78 is 11.4. The first-order chi connectivity index (χ1) is 15.4. The zero-order valence-corrected chi connectivity index (χ0v) is 18.8. The Morgan fingerprint density at radius 3 is 2.09 bits per heavy atom. The minimum atomic E-state index is -0.740. The van der Waals surface area contributed by atoms with Crippen LogP contribution in [-0.4, -0.2) is 43.6 Å². The van der Waals surface area contributed by atoms with Crippen molar-refractivity contribution >= 4 is 29.2 Å². The molecule has 0 aliphatic rings. The number of carbonyl (C=O) groups excluding carboxylic acids is 3. The van der Waals surface area contributed by atoms with Crippen LogP contribution in [0.5, 0.6) is 11.5 Å². The molecule has 0 spiro atoms. The molecule has 0 bridgehead atoms. The van der Waals surface area contributed by atoms with Crippen molar-refractivity contribution in [1.82, 2.24) is 10.6 Å². The maximum absolute atomic E-state index is 12.6. The van der Waals surface area contributed by atoms with Gasteiger partial charge in [0.05, 0.1) is 24.6 Å². The van der Waals surface area contributed by atoms with E-state index < -0.39 is 18.0 Å². The highest BCUT2D eigenvalue weighted by Gasteiger charge is 2.20. The molecule has 0 aliphatic carbocycles. The summed E-state index contributed by atoms with van der Waals surface area (Å²) >= 11 is 0. The molecular weight excluding hydrogens is 412 g/mol. The van der Waals surface area contributed by atoms with Crippen LogP contribution in [0.2, 0.25) is 0 Å². The van der Waals surface area contributed by atoms with Crippen LogP contribution in [0, 0.1) is 0 Å². The molecule has 2 aromatic carbocycles. The van der Waals surface area contributed by atoms with E-state index in [0.717, 1.165) is 0 Å². The van der Waals surface area contributed by atoms with Crippen LogP contribution in [0.1, 0.15) is 38.1 Å². The summed E-state index contributed by atoms with van der Waals surface area (Å²) in [5, 5.41) is 10.7. The fourth-order valence-corrected chi connectivity index (χ4v) is 2.83. The molecule has 172 valence electrons. The van der Waals surface area contributed by atoms with Gasteiger partial charge in [-0.3, -0.25) is 14.9 Å². The summed E-state index contributed by atoms with van der Waals surface area (Å²) in [6, 6.07) is 10.8. The summed E-state index contributed by atoms with van der Waals surface area (Å²) in [6.07, 6.45) is 0. The Kier molecular flexibility index (Phi) is 9.34. The first kappa shape index (κ1) is 24.5. The summed E-state index contributed by atoms with van der Waals surface area (Å²) in [5.74, 6) is 0.0539. The van der Waals surface area contributed by atoms with Crippen molar-refractivity contribution in [3.05, 3.63) is 48.0 Å². The lowest BCUT2D eigenvalue weighted by Gasteiger charge is -2.21. The Hall–Kier alpha value is -3.75. The molecule has 0 saturated heterocycles. The third-order valence-electron chi connectivity index (χ3n) is 4.30. The van der Waals surface area contributed by atoms with Crippen LogP contribution in [0.4, 0.5) is 16.2 Å². The van der Waals surface area contributed by atoms with E-state index in [0.29, 0.717) is 48.2 Å². The maximum atomic E-state index is 12.6. The van der Waals surface area contributed by atoms with E-state index in [4.69, 9.17) is 9.47 Å². The van der Waals surface area contributed by atoms with E-state index in [1.165, 1.54) is 0 Å². The molecule has 9 nitrogen and oxygen atoms in total. The van der Waals surface area contributed by atoms with Gasteiger partial charge in [0.25, 0.3) is 5.91 Å². The molecule has 2 rings (SSSR count). The molecule has 4 N–H and O–H groups in total. The van der Waals surface area contributed by atoms with Crippen LogP contribution in [0.3, 0.4) is 0 Å². The predicted molar refractivity (Wildman–Crippen MR) is 123 cm³/mol. The molecule has 2 aromatic rings. The van der Waals surface area contributed by atoms with Gasteiger partial charge in [-0.15, -0.1) is 0 Å². The van der Waals surface area contributed by atoms with Gasteiger partial charge in [0.2, 0.25) is 5.91 Å². The van der Waals surface area contributed by atoms with Crippen LogP contribution >= 0.6 is 0 Å². The number of nitrogens with one attached hydrogen (secondary N) is 4. The monoisotopic (exact) mass is 442 g/mol. The number of urea groups is 1. The normalized spacial score (nSPS) is 11.1. The van der Waals surface area contributed by atoms with Crippen molar-refractivity contribution < 1.29 is 23.9 Å². The van der Waals surface area contributed by atoms with Crippen molar-refractivity contribution in [1.29, 1.82) is 0 Å². The topological polar surface area (TPSA) is 118 Å². The Balaban J connectivity index is 2.29. The fraction of sp³-hybridized carbons (Fsp3) is 0.348. The van der Waals surface area contributed by atoms with Crippen LogP contribution in [0.15, 0.2) is 42.5 Å². The highest BCUT2D eigenvalue weighted by atomic mass is 16.5. The van der Waals surface area contributed by atoms with Gasteiger partial charge in [0.15, 0.2) is 0 Å². The lowest BCUT2D eigenvalue weighted by atomic mass is 10.1. The van der Waals surface area contributed by atoms with E-state index in [9.17, 15) is 14.4 Å². The third kappa shape index (κ3) is 6.90. The molecule has 4 amide bonds. The summed E-state index contributed by atoms with van der Waals surface area (Å²) in [5.41, 5.74) is 1.44. The predicted octanol–water partition coefficient (Wildman–Crippen LogP) is 3.38. The molecule has 0 saturated carbocycles. The van der Waals surface area contributed by atoms with E-state index in [1.807, 2.05) is 19.9 Å². The molecule has 9 heteroatoms. The standard InChI is InChI=1S/C23H30N4O5/c1-5-24-23(30)27-21(28)15(4)25-17-13-20(32-7-3)18(14-19(17)31-6-2)26-22(29)16-11-9-8-10-12-16/h8-15,25H,5-7H2,1-4H3,(H,26,29)(H2,24,27,28,30)/t15-/m1/s1. The molecular formula is C23H30N4O5. The van der Waals surface area contributed by atoms with E-state index in [2.05, 4.69) is 21.3 Å². The second-order valence-electron chi connectivity index (χ2n) is 6.75. The van der Waals surface area contributed by atoms with E-state index in [-0.39, 0.29) is 5.91 Å². The summed E-state index contributed by atoms with van der Waals surface area (Å²) in [4.78, 5) is 36.6. The van der Waals surface area contributed by atoms with Gasteiger partial charge in [-0.2, -0.15) is 0 Å². The van der Waals surface area contributed by atoms with Gasteiger partial charge >= 0.3 is 6.03 Å². The van der Waals surface area contributed by atoms with E-state index in [1.54, 1.807) is 50.2 Å². The molecule has 0 fully saturated rings. The fourth-order valence-electron chi connectivity index (χ4n) is 2.83. The highest BCUT2D eigenvalue weighted by molar-refractivity contribution is 6.05. The summed E-state index contributed by atoms with van der Waals surface area (Å²) in [7, 11) is 0. The van der Waals surface area contributed by atoms with Crippen LogP contribution in [0.25, 0.3) is 0 Å². The number of rotatable bonds is 10. The Bertz CT molecular complexity index is 933. The SMILES string of the molecule is CCNC(=O)NC(=O)[C@@H](C)Nc1cc(OCC)c(NC(=O)c2ccccc2)cc1OCC. The smallest absolute Gasteiger partial charge is 0.321 e. The zero-order valence-electron chi connectivity index (χ0n) is 18.8. The van der Waals surface area contributed by atoms with Gasteiger partial charge in [-0.05, 0) is 39.8 Å². The molecule has 0 aromatic heterocycles. The Morgan fingerprint density at radius 2 is 1.50 bits per heavy atom. The first-order valence-electron chi connectivity index (χ1n) is 10.5. The first-order valence-corrected chi connectivity index (χ1v) is 10.5. The lowest BCUT2D eigenvalue weighted by molar-refractivity contribution is -0.120. The molecule has 0 heterocycles. The number of anilines is 2. The van der Waals surface area contributed by atoms with Gasteiger partial charge in [-0.25, -0.2) is 4.79 Å². The quantitative estimate of drug-likeness (QED) is 0.448. The second-order valence-corrected chi connectivity index (χ2v) is 6.75. The average Bonchev–Trinajstić information content (AvgIpc) is 2.77. The van der Waals surface area contributed by atoms with Crippen LogP contribution in [-0.2, 0) is 4.79 Å². The highest BCUT2D eigenvalue weighted by Crippen LogP contribution is 2.37. The number of amides is 4. The molecule has 0 unspecified atom stereocenters. The van der Waals surface area contributed by atoms with Gasteiger partial charge in [-0.1, -0.05) is 18.2 Å². The molecule has 0 aliphatic heterocycles. The lowest BCUT2D eigenvalue weighted by Crippen LogP contribution is -2.45. The van der Waals surface area contributed by atoms with Gasteiger partial charge in [0.1, 0.15) is 17.5 Å². The van der Waals surface area contributed by atoms with Crippen molar-refractivity contribution in [3.63, 3.8) is 0 Å². The number of hydrogen-bond acceptors (Lipinski definition) is 6. The second kappa shape index (κ2) is 12.2. The van der Waals surface area contributed by atoms with Gasteiger partial charge < -0.3 is 25.4 Å². The van der Waals surface area contributed by atoms with Crippen molar-refractivity contribution in [3.8, 4) is 11.5 Å². The largest absolute Gasteiger partial charge is 0.492 e. The Labute approximate surface area is 187 Å². The average molecular weight is 443 g/mol. The molecule has 0 radical (unpaired) electrons. The summed E-state index contributed by atoms with van der Waals surface area (Å²) in [6.45, 7) is 8.18. The number of benzene rings is 2. The molecule has 1 atom stereocenters. The molecule has 32 heavy (non-hydrogen) atoms. The van der Waals surface area contributed by atoms with Crippen molar-refractivity contribution in [2.75, 3.05) is 30.4 Å². The number of hydrogen-bond donors (Lipinski definition) is 4. The number of ether oxygens (including phenoxy) is 2. The maximum Gasteiger partial charge on any atom is 0.321 e. The number of carbonyl (C=O) groups is 3. The van der Waals surface area contributed by atoms with Gasteiger partial charge in [0, 0.05) is 24.2 Å². The van der Waals surface area contributed by atoms with E-state index >= 15 is 0 Å². The number of imide groups is 1. The van der Waals surface area contributed by atoms with Crippen LogP contribution < -0.4 is 30.7 Å².